The molecule has 0 radical (unpaired) electrons. The number of aryl methyl sites for hydroxylation is 2. The minimum Gasteiger partial charge on any atom is -0.493 e. The molecule has 2 aromatic carbocycles. The number of aromatic nitrogens is 3. The van der Waals surface area contributed by atoms with Gasteiger partial charge in [-0.25, -0.2) is 15.2 Å². The number of carbonyl (C=O) groups excluding carboxylic acids is 2. The molecule has 0 saturated heterocycles. The summed E-state index contributed by atoms with van der Waals surface area (Å²) in [5, 5.41) is 4.03. The number of hydrazone groups is 1. The van der Waals surface area contributed by atoms with Crippen LogP contribution in [-0.2, 0) is 6.54 Å². The molecule has 0 saturated carbocycles. The normalized spacial score (nSPS) is 11.0. The average molecular weight is 457 g/mol. The number of fused-ring (bicyclic) bond motifs is 1. The molecule has 0 aliphatic heterocycles. The number of rotatable bonds is 7. The van der Waals surface area contributed by atoms with E-state index < -0.39 is 5.97 Å². The van der Waals surface area contributed by atoms with Crippen LogP contribution in [0.3, 0.4) is 0 Å². The van der Waals surface area contributed by atoms with Crippen LogP contribution >= 0.6 is 0 Å². The maximum atomic E-state index is 12.5. The highest BCUT2D eigenvalue weighted by Gasteiger charge is 2.13. The lowest BCUT2D eigenvalue weighted by atomic mass is 10.2. The van der Waals surface area contributed by atoms with Crippen LogP contribution in [0.2, 0.25) is 0 Å². The number of esters is 1. The smallest absolute Gasteiger partial charge is 0.345 e. The van der Waals surface area contributed by atoms with E-state index in [1.807, 2.05) is 13.0 Å². The molecular formula is C25H23N5O4. The van der Waals surface area contributed by atoms with Crippen molar-refractivity contribution < 1.29 is 19.1 Å². The lowest BCUT2D eigenvalue weighted by Crippen LogP contribution is -2.17. The van der Waals surface area contributed by atoms with Gasteiger partial charge >= 0.3 is 5.97 Å². The highest BCUT2D eigenvalue weighted by atomic mass is 16.6. The second-order valence-corrected chi connectivity index (χ2v) is 7.35. The molecule has 0 bridgehead atoms. The maximum Gasteiger partial charge on any atom is 0.345 e. The van der Waals surface area contributed by atoms with Crippen LogP contribution in [0.1, 0.15) is 39.0 Å². The third kappa shape index (κ3) is 4.78. The summed E-state index contributed by atoms with van der Waals surface area (Å²) in [6.07, 6.45) is 4.47. The fraction of sp³-hybridized carbons (Fsp3) is 0.160. The number of amides is 1. The van der Waals surface area contributed by atoms with E-state index in [-0.39, 0.29) is 11.7 Å². The van der Waals surface area contributed by atoms with Crippen LogP contribution in [0.4, 0.5) is 0 Å². The Labute approximate surface area is 196 Å². The van der Waals surface area contributed by atoms with Gasteiger partial charge in [0.2, 0.25) is 0 Å². The molecule has 9 heteroatoms. The van der Waals surface area contributed by atoms with Crippen molar-refractivity contribution in [2.24, 2.45) is 5.10 Å². The highest BCUT2D eigenvalue weighted by Crippen LogP contribution is 2.28. The number of methoxy groups -OCH3 is 1. The second kappa shape index (κ2) is 9.95. The topological polar surface area (TPSA) is 108 Å². The monoisotopic (exact) mass is 457 g/mol. The number of benzene rings is 2. The van der Waals surface area contributed by atoms with Crippen LogP contribution in [0.15, 0.2) is 66.0 Å². The minimum absolute atomic E-state index is 0.257. The van der Waals surface area contributed by atoms with Crippen molar-refractivity contribution in [3.05, 3.63) is 83.4 Å². The van der Waals surface area contributed by atoms with Gasteiger partial charge in [-0.3, -0.25) is 9.78 Å². The molecule has 34 heavy (non-hydrogen) atoms. The number of hydrogen-bond acceptors (Lipinski definition) is 7. The Morgan fingerprint density at radius 1 is 1.12 bits per heavy atom. The first-order valence-corrected chi connectivity index (χ1v) is 10.6. The third-order valence-corrected chi connectivity index (χ3v) is 5.18. The zero-order valence-electron chi connectivity index (χ0n) is 19.0. The van der Waals surface area contributed by atoms with Gasteiger partial charge in [-0.05, 0) is 67.9 Å². The second-order valence-electron chi connectivity index (χ2n) is 7.35. The Bertz CT molecular complexity index is 1380. The fourth-order valence-electron chi connectivity index (χ4n) is 3.51. The summed E-state index contributed by atoms with van der Waals surface area (Å²) in [6.45, 7) is 4.80. The molecule has 1 N–H and O–H groups in total. The molecule has 0 fully saturated rings. The van der Waals surface area contributed by atoms with Crippen molar-refractivity contribution in [3.8, 4) is 11.5 Å². The Morgan fingerprint density at radius 3 is 2.71 bits per heavy atom. The number of nitrogens with one attached hydrogen (secondary N) is 1. The number of carbonyl (C=O) groups is 2. The largest absolute Gasteiger partial charge is 0.493 e. The van der Waals surface area contributed by atoms with E-state index >= 15 is 0 Å². The van der Waals surface area contributed by atoms with Crippen molar-refractivity contribution >= 4 is 29.1 Å². The summed E-state index contributed by atoms with van der Waals surface area (Å²) in [6, 6.07) is 13.6. The van der Waals surface area contributed by atoms with Crippen LogP contribution in [0.25, 0.3) is 11.0 Å². The van der Waals surface area contributed by atoms with Gasteiger partial charge in [-0.2, -0.15) is 5.10 Å². The standard InChI is InChI=1S/C25H23N5O4/c1-4-30-16(2)28-20-13-18(8-9-21(20)30)24(31)29-27-14-17-7-10-22(23(12-17)33-3)34-25(32)19-6-5-11-26-15-19/h5-15H,4H2,1-3H3,(H,29,31)/b27-14-. The molecule has 2 heterocycles. The molecule has 0 aliphatic carbocycles. The van der Waals surface area contributed by atoms with E-state index in [1.165, 1.54) is 19.5 Å². The molecule has 172 valence electrons. The first-order valence-electron chi connectivity index (χ1n) is 10.6. The van der Waals surface area contributed by atoms with Gasteiger partial charge in [0.15, 0.2) is 11.5 Å². The van der Waals surface area contributed by atoms with Gasteiger partial charge in [0, 0.05) is 24.5 Å². The van der Waals surface area contributed by atoms with Crippen molar-refractivity contribution in [1.29, 1.82) is 0 Å². The number of ether oxygens (including phenoxy) is 2. The lowest BCUT2D eigenvalue weighted by Gasteiger charge is -2.09. The zero-order valence-corrected chi connectivity index (χ0v) is 19.0. The Kier molecular flexibility index (Phi) is 6.63. The molecule has 4 rings (SSSR count). The minimum atomic E-state index is -0.545. The molecule has 0 aliphatic rings. The Balaban J connectivity index is 1.43. The van der Waals surface area contributed by atoms with Crippen LogP contribution in [0.5, 0.6) is 11.5 Å². The van der Waals surface area contributed by atoms with E-state index in [0.29, 0.717) is 22.4 Å². The van der Waals surface area contributed by atoms with Crippen LogP contribution in [-0.4, -0.2) is 39.7 Å². The van der Waals surface area contributed by atoms with E-state index in [0.717, 1.165) is 23.4 Å². The number of nitrogens with zero attached hydrogens (tertiary/aromatic N) is 4. The lowest BCUT2D eigenvalue weighted by molar-refractivity contribution is 0.0729. The molecule has 1 amide bonds. The van der Waals surface area contributed by atoms with Crippen LogP contribution in [0, 0.1) is 6.92 Å². The molecular weight excluding hydrogens is 434 g/mol. The Morgan fingerprint density at radius 2 is 1.97 bits per heavy atom. The van der Waals surface area contributed by atoms with E-state index in [4.69, 9.17) is 9.47 Å². The summed E-state index contributed by atoms with van der Waals surface area (Å²) in [4.78, 5) is 33.2. The average Bonchev–Trinajstić information content (AvgIpc) is 3.19. The predicted molar refractivity (Wildman–Crippen MR) is 127 cm³/mol. The van der Waals surface area contributed by atoms with Crippen molar-refractivity contribution in [2.75, 3.05) is 7.11 Å². The molecule has 0 spiro atoms. The third-order valence-electron chi connectivity index (χ3n) is 5.18. The molecule has 9 nitrogen and oxygen atoms in total. The van der Waals surface area contributed by atoms with Gasteiger partial charge in [0.25, 0.3) is 5.91 Å². The summed E-state index contributed by atoms with van der Waals surface area (Å²) < 4.78 is 12.8. The van der Waals surface area contributed by atoms with Crippen molar-refractivity contribution in [1.82, 2.24) is 20.0 Å². The van der Waals surface area contributed by atoms with E-state index in [2.05, 4.69) is 32.0 Å². The van der Waals surface area contributed by atoms with Gasteiger partial charge in [0.1, 0.15) is 5.82 Å². The molecule has 4 aromatic rings. The highest BCUT2D eigenvalue weighted by molar-refractivity contribution is 5.98. The first kappa shape index (κ1) is 22.7. The van der Waals surface area contributed by atoms with Gasteiger partial charge < -0.3 is 14.0 Å². The fourth-order valence-corrected chi connectivity index (χ4v) is 3.51. The maximum absolute atomic E-state index is 12.5. The molecule has 0 atom stereocenters. The molecule has 0 unspecified atom stereocenters. The summed E-state index contributed by atoms with van der Waals surface area (Å²) in [5.74, 6) is 0.607. The number of imidazole rings is 1. The zero-order chi connectivity index (χ0) is 24.1. The van der Waals surface area contributed by atoms with E-state index in [1.54, 1.807) is 48.7 Å². The number of hydrogen-bond donors (Lipinski definition) is 1. The first-order chi connectivity index (χ1) is 16.5. The summed E-state index contributed by atoms with van der Waals surface area (Å²) in [5.41, 5.74) is 5.69. The van der Waals surface area contributed by atoms with Gasteiger partial charge in [-0.15, -0.1) is 0 Å². The van der Waals surface area contributed by atoms with Gasteiger partial charge in [0.05, 0.1) is 29.9 Å². The summed E-state index contributed by atoms with van der Waals surface area (Å²) >= 11 is 0. The SMILES string of the molecule is CCn1c(C)nc2cc(C(=O)N/N=C\c3ccc(OC(=O)c4cccnc4)c(OC)c3)ccc21. The Hall–Kier alpha value is -4.53. The van der Waals surface area contributed by atoms with Crippen molar-refractivity contribution in [3.63, 3.8) is 0 Å². The van der Waals surface area contributed by atoms with Gasteiger partial charge in [-0.1, -0.05) is 0 Å². The molecule has 2 aromatic heterocycles. The quantitative estimate of drug-likeness (QED) is 0.196. The van der Waals surface area contributed by atoms with Crippen LogP contribution < -0.4 is 14.9 Å². The number of pyridine rings is 1. The van der Waals surface area contributed by atoms with Crippen molar-refractivity contribution in [2.45, 2.75) is 20.4 Å². The summed E-state index contributed by atoms with van der Waals surface area (Å²) in [7, 11) is 1.47. The van der Waals surface area contributed by atoms with E-state index in [9.17, 15) is 9.59 Å². The predicted octanol–water partition coefficient (Wildman–Crippen LogP) is 3.75.